The largest absolute Gasteiger partial charge is 0.477 e. The molecule has 0 fully saturated rings. The lowest BCUT2D eigenvalue weighted by Crippen LogP contribution is -2.40. The Morgan fingerprint density at radius 1 is 0.395 bits per heavy atom. The van der Waals surface area contributed by atoms with E-state index in [2.05, 4.69) is 38.2 Å². The van der Waals surface area contributed by atoms with Crippen molar-refractivity contribution in [2.75, 3.05) is 47.5 Å². The average molecular weight is 1080 g/mol. The van der Waals surface area contributed by atoms with Crippen molar-refractivity contribution in [3.05, 3.63) is 24.3 Å². The third kappa shape index (κ3) is 59.4. The number of carboxylic acid groups (broad SMARTS) is 1. The van der Waals surface area contributed by atoms with Gasteiger partial charge >= 0.3 is 17.9 Å². The van der Waals surface area contributed by atoms with E-state index in [4.69, 9.17) is 18.9 Å². The van der Waals surface area contributed by atoms with Crippen LogP contribution < -0.4 is 0 Å². The Labute approximate surface area is 471 Å². The second-order valence-corrected chi connectivity index (χ2v) is 23.8. The summed E-state index contributed by atoms with van der Waals surface area (Å²) in [6.07, 6.45) is 68.8. The van der Waals surface area contributed by atoms with E-state index < -0.39 is 24.3 Å². The zero-order chi connectivity index (χ0) is 55.5. The Balaban J connectivity index is 3.98. The van der Waals surface area contributed by atoms with Crippen LogP contribution in [-0.2, 0) is 33.3 Å². The van der Waals surface area contributed by atoms with Crippen LogP contribution in [0.5, 0.6) is 0 Å². The number of likely N-dealkylation sites (N-methyl/N-ethyl adjacent to an activating group) is 1. The molecule has 9 nitrogen and oxygen atoms in total. The number of rotatable bonds is 62. The minimum atomic E-state index is -1.51. The van der Waals surface area contributed by atoms with E-state index in [0.717, 1.165) is 57.8 Å². The Bertz CT molecular complexity index is 1300. The number of nitrogens with zero attached hydrogens (tertiary/aromatic N) is 1. The lowest BCUT2D eigenvalue weighted by Gasteiger charge is -2.25. The summed E-state index contributed by atoms with van der Waals surface area (Å²) in [6.45, 7) is 4.89. The van der Waals surface area contributed by atoms with Crippen molar-refractivity contribution in [2.45, 2.75) is 341 Å². The number of hydrogen-bond donors (Lipinski definition) is 1. The number of allylic oxidation sites excluding steroid dienone is 4. The minimum Gasteiger partial charge on any atom is -0.477 e. The summed E-state index contributed by atoms with van der Waals surface area (Å²) in [5, 5.41) is 9.71. The van der Waals surface area contributed by atoms with Crippen LogP contribution in [0.3, 0.4) is 0 Å². The first-order valence-corrected chi connectivity index (χ1v) is 33.0. The molecule has 0 amide bonds. The van der Waals surface area contributed by atoms with Gasteiger partial charge in [0, 0.05) is 12.8 Å². The molecule has 0 aliphatic carbocycles. The average Bonchev–Trinajstić information content (AvgIpc) is 3.39. The molecular weight excluding hydrogens is 947 g/mol. The fraction of sp³-hybridized carbons (Fsp3) is 0.896. The maximum atomic E-state index is 12.9. The second-order valence-electron chi connectivity index (χ2n) is 23.8. The molecule has 2 unspecified atom stereocenters. The highest BCUT2D eigenvalue weighted by Crippen LogP contribution is 2.18. The molecule has 0 heterocycles. The highest BCUT2D eigenvalue weighted by atomic mass is 16.7. The highest BCUT2D eigenvalue weighted by molar-refractivity contribution is 5.71. The highest BCUT2D eigenvalue weighted by Gasteiger charge is 2.25. The van der Waals surface area contributed by atoms with Crippen molar-refractivity contribution < 1.29 is 42.9 Å². The Morgan fingerprint density at radius 2 is 0.711 bits per heavy atom. The van der Waals surface area contributed by atoms with Crippen molar-refractivity contribution in [1.29, 1.82) is 0 Å². The predicted molar refractivity (Wildman–Crippen MR) is 323 cm³/mol. The van der Waals surface area contributed by atoms with Gasteiger partial charge in [-0.3, -0.25) is 9.59 Å². The van der Waals surface area contributed by atoms with Gasteiger partial charge in [-0.15, -0.1) is 0 Å². The molecule has 0 saturated heterocycles. The van der Waals surface area contributed by atoms with Crippen LogP contribution in [0.25, 0.3) is 0 Å². The number of carbonyl (C=O) groups is 3. The van der Waals surface area contributed by atoms with E-state index in [1.54, 1.807) is 0 Å². The number of carbonyl (C=O) groups excluding carboxylic acids is 2. The first-order valence-electron chi connectivity index (χ1n) is 33.0. The van der Waals surface area contributed by atoms with E-state index in [1.165, 1.54) is 238 Å². The van der Waals surface area contributed by atoms with E-state index in [1.807, 2.05) is 21.1 Å². The van der Waals surface area contributed by atoms with Crippen molar-refractivity contribution >= 4 is 17.9 Å². The predicted octanol–water partition coefficient (Wildman–Crippen LogP) is 19.9. The number of ether oxygens (including phenoxy) is 4. The number of carboxylic acids is 1. The lowest BCUT2D eigenvalue weighted by molar-refractivity contribution is -0.870. The third-order valence-electron chi connectivity index (χ3n) is 15.0. The summed E-state index contributed by atoms with van der Waals surface area (Å²) >= 11 is 0. The Hall–Kier alpha value is -2.23. The van der Waals surface area contributed by atoms with Crippen molar-refractivity contribution in [3.63, 3.8) is 0 Å². The van der Waals surface area contributed by atoms with E-state index in [9.17, 15) is 19.5 Å². The van der Waals surface area contributed by atoms with Crippen molar-refractivity contribution in [3.8, 4) is 0 Å². The van der Waals surface area contributed by atoms with Gasteiger partial charge in [0.05, 0.1) is 34.4 Å². The lowest BCUT2D eigenvalue weighted by atomic mass is 10.0. The summed E-state index contributed by atoms with van der Waals surface area (Å²) in [4.78, 5) is 37.4. The van der Waals surface area contributed by atoms with Crippen LogP contribution in [0, 0.1) is 0 Å². The number of aliphatic carboxylic acids is 1. The van der Waals surface area contributed by atoms with Crippen LogP contribution in [-0.4, -0.2) is 87.4 Å². The van der Waals surface area contributed by atoms with Gasteiger partial charge < -0.3 is 28.5 Å². The Morgan fingerprint density at radius 3 is 1.05 bits per heavy atom. The van der Waals surface area contributed by atoms with Gasteiger partial charge in [0.15, 0.2) is 6.10 Å². The van der Waals surface area contributed by atoms with Gasteiger partial charge in [-0.25, -0.2) is 4.79 Å². The third-order valence-corrected chi connectivity index (χ3v) is 15.0. The maximum absolute atomic E-state index is 12.9. The molecule has 0 rings (SSSR count). The van der Waals surface area contributed by atoms with Crippen molar-refractivity contribution in [1.82, 2.24) is 0 Å². The number of esters is 2. The van der Waals surface area contributed by atoms with Gasteiger partial charge in [0.2, 0.25) is 0 Å². The second kappa shape index (κ2) is 58.9. The number of quaternary nitrogens is 1. The van der Waals surface area contributed by atoms with Gasteiger partial charge in [0.1, 0.15) is 13.2 Å². The fourth-order valence-electron chi connectivity index (χ4n) is 9.87. The summed E-state index contributed by atoms with van der Waals surface area (Å²) in [5.74, 6) is -2.00. The molecule has 0 aliphatic rings. The molecular formula is C67H128NO8+. The van der Waals surface area contributed by atoms with E-state index in [-0.39, 0.29) is 32.2 Å². The summed E-state index contributed by atoms with van der Waals surface area (Å²) < 4.78 is 22.9. The van der Waals surface area contributed by atoms with E-state index >= 15 is 0 Å². The van der Waals surface area contributed by atoms with Crippen LogP contribution >= 0.6 is 0 Å². The monoisotopic (exact) mass is 1070 g/mol. The molecule has 0 saturated carbocycles. The van der Waals surface area contributed by atoms with Crippen molar-refractivity contribution in [2.24, 2.45) is 0 Å². The van der Waals surface area contributed by atoms with Crippen LogP contribution in [0.15, 0.2) is 24.3 Å². The SMILES string of the molecule is CCCCCC/C=C\C/C=C\CCCCCCCC(=O)OC(COC(=O)CCCCCCCCCCCCCCCCCCCCCCCCCCCCCCCCCCCCC)COC(OCC[N+](C)(C)C)C(=O)O. The molecule has 0 aliphatic heterocycles. The van der Waals surface area contributed by atoms with Gasteiger partial charge in [-0.1, -0.05) is 295 Å². The van der Waals surface area contributed by atoms with E-state index in [0.29, 0.717) is 23.9 Å². The molecule has 76 heavy (non-hydrogen) atoms. The topological polar surface area (TPSA) is 108 Å². The molecule has 0 aromatic carbocycles. The molecule has 0 radical (unpaired) electrons. The summed E-state index contributed by atoms with van der Waals surface area (Å²) in [7, 11) is 5.97. The number of unbranched alkanes of at least 4 members (excludes halogenated alkanes) is 43. The smallest absolute Gasteiger partial charge is 0.361 e. The Kier molecular flexibility index (Phi) is 57.2. The molecule has 448 valence electrons. The van der Waals surface area contributed by atoms with Crippen LogP contribution in [0.4, 0.5) is 0 Å². The van der Waals surface area contributed by atoms with Crippen LogP contribution in [0.2, 0.25) is 0 Å². The fourth-order valence-corrected chi connectivity index (χ4v) is 9.87. The molecule has 0 aromatic rings. The number of hydrogen-bond acceptors (Lipinski definition) is 7. The van der Waals surface area contributed by atoms with Gasteiger partial charge in [-0.2, -0.15) is 0 Å². The standard InChI is InChI=1S/C67H127NO8/c1-6-8-10-12-14-16-18-20-22-24-25-26-27-28-29-30-31-32-33-34-35-36-37-38-39-40-41-42-44-45-47-49-51-53-55-57-64(69)74-61-63(62-75-67(66(71)72)73-60-59-68(3,4)5)76-65(70)58-56-54-52-50-48-46-43-23-21-19-17-15-13-11-9-7-2/h17,19,23,43,63,67H,6-16,18,20-22,24-42,44-62H2,1-5H3/p+1/b19-17-,43-23-. The zero-order valence-electron chi connectivity index (χ0n) is 51.2. The zero-order valence-corrected chi connectivity index (χ0v) is 51.2. The first kappa shape index (κ1) is 73.8. The molecule has 9 heteroatoms. The molecule has 0 spiro atoms. The van der Waals surface area contributed by atoms with Crippen LogP contribution in [0.1, 0.15) is 328 Å². The molecule has 2 atom stereocenters. The summed E-state index contributed by atoms with van der Waals surface area (Å²) in [5.41, 5.74) is 0. The summed E-state index contributed by atoms with van der Waals surface area (Å²) in [6, 6.07) is 0. The van der Waals surface area contributed by atoms with Gasteiger partial charge in [-0.05, 0) is 44.9 Å². The quantitative estimate of drug-likeness (QED) is 0.0211. The minimum absolute atomic E-state index is 0.183. The molecule has 0 bridgehead atoms. The maximum Gasteiger partial charge on any atom is 0.361 e. The first-order chi connectivity index (χ1) is 37.1. The van der Waals surface area contributed by atoms with Gasteiger partial charge in [0.25, 0.3) is 6.29 Å². The normalized spacial score (nSPS) is 12.8. The molecule has 1 N–H and O–H groups in total. The molecule has 0 aromatic heterocycles.